The van der Waals surface area contributed by atoms with Gasteiger partial charge in [0.1, 0.15) is 17.9 Å². The number of anilines is 1. The van der Waals surface area contributed by atoms with Crippen LogP contribution in [-0.2, 0) is 6.54 Å². The lowest BCUT2D eigenvalue weighted by atomic mass is 9.81. The molecule has 4 heterocycles. The van der Waals surface area contributed by atoms with Crippen molar-refractivity contribution in [2.24, 2.45) is 5.41 Å². The third-order valence-corrected chi connectivity index (χ3v) is 6.10. The first-order chi connectivity index (χ1) is 13.2. The van der Waals surface area contributed by atoms with Crippen LogP contribution >= 0.6 is 11.9 Å². The van der Waals surface area contributed by atoms with Crippen LogP contribution in [0.15, 0.2) is 12.4 Å². The van der Waals surface area contributed by atoms with Gasteiger partial charge in [-0.3, -0.25) is 0 Å². The fraction of sp³-hybridized carbons (Fsp3) is 0.688. The van der Waals surface area contributed by atoms with E-state index in [1.807, 2.05) is 4.31 Å². The van der Waals surface area contributed by atoms with Gasteiger partial charge in [-0.2, -0.15) is 18.3 Å². The summed E-state index contributed by atoms with van der Waals surface area (Å²) in [4.78, 5) is 10.8. The Balaban J connectivity index is 1.36. The minimum absolute atomic E-state index is 0.0412. The van der Waals surface area contributed by atoms with Gasteiger partial charge in [-0.1, -0.05) is 11.9 Å². The average molecular weight is 422 g/mol. The van der Waals surface area contributed by atoms with E-state index in [1.54, 1.807) is 6.20 Å². The Kier molecular flexibility index (Phi) is 5.10. The zero-order chi connectivity index (χ0) is 19.9. The lowest BCUT2D eigenvalue weighted by Gasteiger charge is -2.47. The molecule has 4 rings (SSSR count). The average Bonchev–Trinajstić information content (AvgIpc) is 3.17. The van der Waals surface area contributed by atoms with Gasteiger partial charge >= 0.3 is 6.18 Å². The first-order valence-corrected chi connectivity index (χ1v) is 9.84. The molecular weight excluding hydrogens is 403 g/mol. The molecule has 0 bridgehead atoms. The van der Waals surface area contributed by atoms with Crippen LogP contribution in [0, 0.1) is 5.41 Å². The van der Waals surface area contributed by atoms with Crippen molar-refractivity contribution in [1.82, 2.24) is 24.1 Å². The molecule has 2 saturated heterocycles. The Morgan fingerprint density at radius 1 is 1.18 bits per heavy atom. The van der Waals surface area contributed by atoms with E-state index < -0.39 is 25.6 Å². The predicted molar refractivity (Wildman–Crippen MR) is 95.3 cm³/mol. The Morgan fingerprint density at radius 2 is 1.96 bits per heavy atom. The molecule has 2 fully saturated rings. The summed E-state index contributed by atoms with van der Waals surface area (Å²) < 4.78 is 65.2. The molecule has 0 amide bonds. The first kappa shape index (κ1) is 19.6. The lowest BCUT2D eigenvalue weighted by Crippen LogP contribution is -2.54. The second-order valence-electron chi connectivity index (χ2n) is 7.32. The highest BCUT2D eigenvalue weighted by Gasteiger charge is 2.48. The fourth-order valence-corrected chi connectivity index (χ4v) is 5.04. The third-order valence-electron chi connectivity index (χ3n) is 5.09. The summed E-state index contributed by atoms with van der Waals surface area (Å²) in [6.45, 7) is 2.43. The molecular formula is C16H19F5N6S. The van der Waals surface area contributed by atoms with Crippen LogP contribution in [0.25, 0.3) is 11.2 Å². The summed E-state index contributed by atoms with van der Waals surface area (Å²) in [5, 5.41) is 3.92. The first-order valence-electron chi connectivity index (χ1n) is 8.89. The van der Waals surface area contributed by atoms with E-state index >= 15 is 0 Å². The predicted octanol–water partition coefficient (Wildman–Crippen LogP) is 3.20. The summed E-state index contributed by atoms with van der Waals surface area (Å²) in [6.07, 6.45) is -3.48. The van der Waals surface area contributed by atoms with E-state index in [1.165, 1.54) is 18.1 Å². The fourth-order valence-electron chi connectivity index (χ4n) is 3.73. The maximum Gasteiger partial charge on any atom is 0.389 e. The molecule has 1 spiro atoms. The van der Waals surface area contributed by atoms with Gasteiger partial charge in [0.2, 0.25) is 0 Å². The number of fused-ring (bicyclic) bond motifs is 1. The molecule has 0 aromatic carbocycles. The molecule has 0 unspecified atom stereocenters. The molecule has 2 aromatic rings. The van der Waals surface area contributed by atoms with E-state index in [4.69, 9.17) is 0 Å². The van der Waals surface area contributed by atoms with Crippen molar-refractivity contribution in [2.75, 3.05) is 36.8 Å². The molecule has 0 radical (unpaired) electrons. The molecule has 0 atom stereocenters. The van der Waals surface area contributed by atoms with E-state index in [0.717, 1.165) is 37.3 Å². The summed E-state index contributed by atoms with van der Waals surface area (Å²) in [5.41, 5.74) is 0.844. The quantitative estimate of drug-likeness (QED) is 0.527. The Labute approximate surface area is 162 Å². The molecule has 0 saturated carbocycles. The molecule has 0 aliphatic carbocycles. The Bertz CT molecular complexity index is 835. The SMILES string of the molecule is FC(F)Cn1ncc2ncc(N3CCC4(CN(SCCC(F)(F)F)C4)C3)nc21. The Hall–Kier alpha value is -1.69. The number of nitrogens with zero attached hydrogens (tertiary/aromatic N) is 6. The van der Waals surface area contributed by atoms with Gasteiger partial charge in [0, 0.05) is 37.3 Å². The van der Waals surface area contributed by atoms with Crippen molar-refractivity contribution >= 4 is 28.9 Å². The highest BCUT2D eigenvalue weighted by Crippen LogP contribution is 2.44. The smallest absolute Gasteiger partial charge is 0.355 e. The third kappa shape index (κ3) is 4.17. The van der Waals surface area contributed by atoms with Crippen molar-refractivity contribution in [3.8, 4) is 0 Å². The van der Waals surface area contributed by atoms with Crippen molar-refractivity contribution in [3.63, 3.8) is 0 Å². The standard InChI is InChI=1S/C16H19F5N6S/c17-12(18)7-27-14-11(5-23-27)22-6-13(24-14)25-3-1-15(8-25)9-26(10-15)28-4-2-16(19,20)21/h5-6,12H,1-4,7-10H2. The number of halogens is 5. The van der Waals surface area contributed by atoms with Gasteiger partial charge in [0.15, 0.2) is 5.65 Å². The van der Waals surface area contributed by atoms with Crippen molar-refractivity contribution in [1.29, 1.82) is 0 Å². The van der Waals surface area contributed by atoms with Gasteiger partial charge in [0.25, 0.3) is 6.43 Å². The number of alkyl halides is 5. The van der Waals surface area contributed by atoms with E-state index in [0.29, 0.717) is 17.0 Å². The van der Waals surface area contributed by atoms with Crippen LogP contribution in [0.5, 0.6) is 0 Å². The van der Waals surface area contributed by atoms with Gasteiger partial charge in [-0.05, 0) is 6.42 Å². The second-order valence-corrected chi connectivity index (χ2v) is 8.51. The Morgan fingerprint density at radius 3 is 2.68 bits per heavy atom. The van der Waals surface area contributed by atoms with Crippen LogP contribution in [0.2, 0.25) is 0 Å². The number of aromatic nitrogens is 4. The summed E-state index contributed by atoms with van der Waals surface area (Å²) in [5.74, 6) is 0.656. The maximum absolute atomic E-state index is 12.7. The maximum atomic E-state index is 12.7. The minimum atomic E-state index is -4.12. The van der Waals surface area contributed by atoms with Crippen LogP contribution in [0.1, 0.15) is 12.8 Å². The molecule has 2 aliphatic heterocycles. The van der Waals surface area contributed by atoms with Crippen LogP contribution in [0.3, 0.4) is 0 Å². The van der Waals surface area contributed by atoms with E-state index in [-0.39, 0.29) is 11.2 Å². The molecule has 6 nitrogen and oxygen atoms in total. The molecule has 12 heteroatoms. The lowest BCUT2D eigenvalue weighted by molar-refractivity contribution is -0.129. The van der Waals surface area contributed by atoms with Gasteiger partial charge in [-0.25, -0.2) is 27.7 Å². The van der Waals surface area contributed by atoms with Crippen molar-refractivity contribution in [2.45, 2.75) is 32.0 Å². The summed E-state index contributed by atoms with van der Waals surface area (Å²) in [7, 11) is 0. The summed E-state index contributed by atoms with van der Waals surface area (Å²) in [6, 6.07) is 0. The topological polar surface area (TPSA) is 50.1 Å². The zero-order valence-corrected chi connectivity index (χ0v) is 15.7. The monoisotopic (exact) mass is 422 g/mol. The highest BCUT2D eigenvalue weighted by atomic mass is 32.2. The molecule has 2 aliphatic rings. The molecule has 28 heavy (non-hydrogen) atoms. The van der Waals surface area contributed by atoms with Crippen LogP contribution < -0.4 is 4.90 Å². The molecule has 0 N–H and O–H groups in total. The largest absolute Gasteiger partial charge is 0.389 e. The zero-order valence-electron chi connectivity index (χ0n) is 14.9. The van der Waals surface area contributed by atoms with Crippen molar-refractivity contribution in [3.05, 3.63) is 12.4 Å². The normalized spacial score (nSPS) is 19.9. The van der Waals surface area contributed by atoms with Gasteiger partial charge in [0.05, 0.1) is 18.8 Å². The number of hydrogen-bond acceptors (Lipinski definition) is 6. The molecule has 154 valence electrons. The number of hydrogen-bond donors (Lipinski definition) is 0. The summed E-state index contributed by atoms with van der Waals surface area (Å²) >= 11 is 1.24. The second kappa shape index (κ2) is 7.29. The molecule has 2 aromatic heterocycles. The highest BCUT2D eigenvalue weighted by molar-refractivity contribution is 7.97. The number of rotatable bonds is 6. The van der Waals surface area contributed by atoms with Crippen LogP contribution in [-0.4, -0.2) is 68.6 Å². The van der Waals surface area contributed by atoms with Gasteiger partial charge in [-0.15, -0.1) is 0 Å². The van der Waals surface area contributed by atoms with E-state index in [9.17, 15) is 22.0 Å². The van der Waals surface area contributed by atoms with Crippen LogP contribution in [0.4, 0.5) is 27.8 Å². The van der Waals surface area contributed by atoms with E-state index in [2.05, 4.69) is 20.0 Å². The minimum Gasteiger partial charge on any atom is -0.355 e. The van der Waals surface area contributed by atoms with Gasteiger partial charge < -0.3 is 4.90 Å². The van der Waals surface area contributed by atoms with Crippen molar-refractivity contribution < 1.29 is 22.0 Å².